The molecule has 4 nitrogen and oxygen atoms in total. The minimum absolute atomic E-state index is 0.158. The largest absolute Gasteiger partial charge is 0.326 e. The Kier molecular flexibility index (Phi) is 3.69. The maximum Gasteiger partial charge on any atom is 0.257 e. The minimum atomic E-state index is -0.158. The van der Waals surface area contributed by atoms with E-state index in [1.54, 1.807) is 18.3 Å². The molecule has 1 amide bonds. The Morgan fingerprint density at radius 3 is 2.83 bits per heavy atom. The zero-order valence-corrected chi connectivity index (χ0v) is 10.2. The molecule has 0 aliphatic rings. The molecule has 1 aromatic heterocycles. The summed E-state index contributed by atoms with van der Waals surface area (Å²) in [5, 5.41) is 2.77. The molecule has 0 bridgehead atoms. The van der Waals surface area contributed by atoms with Crippen LogP contribution in [-0.4, -0.2) is 10.9 Å². The average molecular weight is 241 g/mol. The van der Waals surface area contributed by atoms with Gasteiger partial charge in [-0.05, 0) is 36.2 Å². The van der Waals surface area contributed by atoms with E-state index in [1.165, 1.54) is 0 Å². The number of carbonyl (C=O) groups excluding carboxylic acids is 1. The molecule has 2 rings (SSSR count). The second-order valence-corrected chi connectivity index (χ2v) is 4.02. The molecule has 0 aliphatic carbocycles. The van der Waals surface area contributed by atoms with Crippen LogP contribution in [0.5, 0.6) is 0 Å². The van der Waals surface area contributed by atoms with Crippen molar-refractivity contribution in [2.45, 2.75) is 13.5 Å². The lowest BCUT2D eigenvalue weighted by atomic mass is 10.1. The van der Waals surface area contributed by atoms with Crippen molar-refractivity contribution in [1.82, 2.24) is 4.98 Å². The second kappa shape index (κ2) is 5.42. The maximum atomic E-state index is 12.1. The van der Waals surface area contributed by atoms with Crippen LogP contribution in [0.3, 0.4) is 0 Å². The number of anilines is 1. The number of benzene rings is 1. The lowest BCUT2D eigenvalue weighted by Crippen LogP contribution is -2.14. The molecule has 0 saturated heterocycles. The van der Waals surface area contributed by atoms with Gasteiger partial charge in [0.1, 0.15) is 5.82 Å². The quantitative estimate of drug-likeness (QED) is 0.864. The van der Waals surface area contributed by atoms with Gasteiger partial charge in [-0.25, -0.2) is 4.98 Å². The van der Waals surface area contributed by atoms with Crippen LogP contribution in [0.2, 0.25) is 0 Å². The number of hydrogen-bond donors (Lipinski definition) is 2. The van der Waals surface area contributed by atoms with E-state index in [2.05, 4.69) is 10.3 Å². The van der Waals surface area contributed by atoms with Gasteiger partial charge in [-0.15, -0.1) is 0 Å². The molecule has 18 heavy (non-hydrogen) atoms. The monoisotopic (exact) mass is 241 g/mol. The molecule has 0 spiro atoms. The van der Waals surface area contributed by atoms with E-state index in [4.69, 9.17) is 5.73 Å². The predicted molar refractivity (Wildman–Crippen MR) is 71.3 cm³/mol. The summed E-state index contributed by atoms with van der Waals surface area (Å²) in [6.07, 6.45) is 1.63. The molecule has 0 radical (unpaired) electrons. The van der Waals surface area contributed by atoms with Gasteiger partial charge in [0.05, 0.1) is 0 Å². The van der Waals surface area contributed by atoms with Crippen molar-refractivity contribution in [2.24, 2.45) is 5.73 Å². The van der Waals surface area contributed by atoms with Crippen molar-refractivity contribution in [1.29, 1.82) is 0 Å². The molecule has 92 valence electrons. The number of nitrogens with two attached hydrogens (primary N) is 1. The molecular formula is C14H15N3O. The highest BCUT2D eigenvalue weighted by atomic mass is 16.1. The fraction of sp³-hybridized carbons (Fsp3) is 0.143. The first-order valence-electron chi connectivity index (χ1n) is 5.72. The van der Waals surface area contributed by atoms with Gasteiger partial charge < -0.3 is 11.1 Å². The highest BCUT2D eigenvalue weighted by molar-refractivity contribution is 6.04. The SMILES string of the molecule is Cc1ccccc1C(=O)Nc1cc(CN)ccn1. The van der Waals surface area contributed by atoms with Gasteiger partial charge in [-0.1, -0.05) is 18.2 Å². The van der Waals surface area contributed by atoms with Gasteiger partial charge in [-0.3, -0.25) is 4.79 Å². The number of hydrogen-bond acceptors (Lipinski definition) is 3. The summed E-state index contributed by atoms with van der Waals surface area (Å²) in [5.74, 6) is 0.362. The molecule has 0 saturated carbocycles. The third kappa shape index (κ3) is 2.73. The number of nitrogens with zero attached hydrogens (tertiary/aromatic N) is 1. The molecule has 1 heterocycles. The van der Waals surface area contributed by atoms with Crippen LogP contribution in [0.1, 0.15) is 21.5 Å². The van der Waals surface area contributed by atoms with Crippen LogP contribution in [0.4, 0.5) is 5.82 Å². The molecule has 0 unspecified atom stereocenters. The zero-order chi connectivity index (χ0) is 13.0. The molecule has 1 aromatic carbocycles. The van der Waals surface area contributed by atoms with Crippen molar-refractivity contribution in [3.8, 4) is 0 Å². The number of amides is 1. The predicted octanol–water partition coefficient (Wildman–Crippen LogP) is 2.10. The van der Waals surface area contributed by atoms with Crippen molar-refractivity contribution in [3.63, 3.8) is 0 Å². The number of pyridine rings is 1. The third-order valence-electron chi connectivity index (χ3n) is 2.69. The van der Waals surface area contributed by atoms with E-state index in [9.17, 15) is 4.79 Å². The fourth-order valence-corrected chi connectivity index (χ4v) is 1.68. The first-order valence-corrected chi connectivity index (χ1v) is 5.72. The summed E-state index contributed by atoms with van der Waals surface area (Å²) >= 11 is 0. The van der Waals surface area contributed by atoms with Crippen LogP contribution in [-0.2, 0) is 6.54 Å². The van der Waals surface area contributed by atoms with E-state index in [0.717, 1.165) is 11.1 Å². The van der Waals surface area contributed by atoms with Crippen molar-refractivity contribution in [2.75, 3.05) is 5.32 Å². The van der Waals surface area contributed by atoms with E-state index in [0.29, 0.717) is 17.9 Å². The lowest BCUT2D eigenvalue weighted by Gasteiger charge is -2.07. The first kappa shape index (κ1) is 12.3. The number of nitrogens with one attached hydrogen (secondary N) is 1. The topological polar surface area (TPSA) is 68.0 Å². The standard InChI is InChI=1S/C14H15N3O/c1-10-4-2-3-5-12(10)14(18)17-13-8-11(9-15)6-7-16-13/h2-8H,9,15H2,1H3,(H,16,17,18). The van der Waals surface area contributed by atoms with Crippen LogP contribution < -0.4 is 11.1 Å². The Morgan fingerprint density at radius 2 is 2.11 bits per heavy atom. The van der Waals surface area contributed by atoms with E-state index >= 15 is 0 Å². The Balaban J connectivity index is 2.19. The molecule has 0 atom stereocenters. The number of rotatable bonds is 3. The smallest absolute Gasteiger partial charge is 0.257 e. The van der Waals surface area contributed by atoms with Crippen LogP contribution >= 0.6 is 0 Å². The van der Waals surface area contributed by atoms with Crippen molar-refractivity contribution < 1.29 is 4.79 Å². The van der Waals surface area contributed by atoms with Gasteiger partial charge in [0.25, 0.3) is 5.91 Å². The van der Waals surface area contributed by atoms with E-state index < -0.39 is 0 Å². The third-order valence-corrected chi connectivity index (χ3v) is 2.69. The Labute approximate surface area is 106 Å². The molecule has 2 aromatic rings. The second-order valence-electron chi connectivity index (χ2n) is 4.02. The van der Waals surface area contributed by atoms with Gasteiger partial charge in [-0.2, -0.15) is 0 Å². The summed E-state index contributed by atoms with van der Waals surface area (Å²) in [6.45, 7) is 2.33. The zero-order valence-electron chi connectivity index (χ0n) is 10.2. The molecular weight excluding hydrogens is 226 g/mol. The molecule has 3 N–H and O–H groups in total. The van der Waals surface area contributed by atoms with Gasteiger partial charge in [0.2, 0.25) is 0 Å². The average Bonchev–Trinajstić information content (AvgIpc) is 2.39. The summed E-state index contributed by atoms with van der Waals surface area (Å²) in [6, 6.07) is 11.0. The van der Waals surface area contributed by atoms with Gasteiger partial charge in [0, 0.05) is 18.3 Å². The normalized spacial score (nSPS) is 10.1. The number of aromatic nitrogens is 1. The van der Waals surface area contributed by atoms with Gasteiger partial charge >= 0.3 is 0 Å². The summed E-state index contributed by atoms with van der Waals surface area (Å²) < 4.78 is 0. The Hall–Kier alpha value is -2.20. The van der Waals surface area contributed by atoms with Gasteiger partial charge in [0.15, 0.2) is 0 Å². The molecule has 0 fully saturated rings. The molecule has 4 heteroatoms. The Morgan fingerprint density at radius 1 is 1.33 bits per heavy atom. The van der Waals surface area contributed by atoms with Crippen molar-refractivity contribution >= 4 is 11.7 Å². The van der Waals surface area contributed by atoms with E-state index in [-0.39, 0.29) is 5.91 Å². The van der Waals surface area contributed by atoms with Crippen molar-refractivity contribution in [3.05, 3.63) is 59.3 Å². The fourth-order valence-electron chi connectivity index (χ4n) is 1.68. The number of carbonyl (C=O) groups is 1. The molecule has 0 aliphatic heterocycles. The highest BCUT2D eigenvalue weighted by Gasteiger charge is 2.08. The first-order chi connectivity index (χ1) is 8.70. The van der Waals surface area contributed by atoms with Crippen LogP contribution in [0, 0.1) is 6.92 Å². The van der Waals surface area contributed by atoms with Crippen LogP contribution in [0.25, 0.3) is 0 Å². The summed E-state index contributed by atoms with van der Waals surface area (Å²) in [7, 11) is 0. The Bertz CT molecular complexity index is 566. The van der Waals surface area contributed by atoms with E-state index in [1.807, 2.05) is 31.2 Å². The maximum absolute atomic E-state index is 12.1. The number of aryl methyl sites for hydroxylation is 1. The highest BCUT2D eigenvalue weighted by Crippen LogP contribution is 2.11. The van der Waals surface area contributed by atoms with Crippen LogP contribution in [0.15, 0.2) is 42.6 Å². The summed E-state index contributed by atoms with van der Waals surface area (Å²) in [5.41, 5.74) is 8.07. The minimum Gasteiger partial charge on any atom is -0.326 e. The lowest BCUT2D eigenvalue weighted by molar-refractivity contribution is 0.102. The summed E-state index contributed by atoms with van der Waals surface area (Å²) in [4.78, 5) is 16.1.